The lowest BCUT2D eigenvalue weighted by molar-refractivity contribution is 0.475. The number of phenols is 1. The van der Waals surface area contributed by atoms with Gasteiger partial charge in [0, 0.05) is 0 Å². The summed E-state index contributed by atoms with van der Waals surface area (Å²) in [6, 6.07) is 6.67. The minimum Gasteiger partial charge on any atom is -0.506 e. The molecule has 1 aromatic rings. The van der Waals surface area contributed by atoms with Gasteiger partial charge in [0.2, 0.25) is 0 Å². The van der Waals surface area contributed by atoms with Crippen molar-refractivity contribution in [2.45, 2.75) is 39.5 Å². The zero-order valence-electron chi connectivity index (χ0n) is 8.96. The molecule has 0 aliphatic heterocycles. The normalized spacial score (nSPS) is 9.07. The second kappa shape index (κ2) is 8.89. The van der Waals surface area contributed by atoms with Crippen LogP contribution in [0, 0.1) is 0 Å². The highest BCUT2D eigenvalue weighted by atomic mass is 35.5. The van der Waals surface area contributed by atoms with Gasteiger partial charge in [-0.1, -0.05) is 63.3 Å². The molecule has 0 fully saturated rings. The van der Waals surface area contributed by atoms with E-state index in [2.05, 4.69) is 13.8 Å². The van der Waals surface area contributed by atoms with Gasteiger partial charge in [0.1, 0.15) is 5.75 Å². The second-order valence-electron chi connectivity index (χ2n) is 3.16. The molecule has 0 saturated heterocycles. The number of hydrogen-bond acceptors (Lipinski definition) is 1. The van der Waals surface area contributed by atoms with Gasteiger partial charge in [0.25, 0.3) is 0 Å². The summed E-state index contributed by atoms with van der Waals surface area (Å²) in [6.45, 7) is 4.46. The lowest BCUT2D eigenvalue weighted by atomic mass is 10.2. The van der Waals surface area contributed by atoms with E-state index in [1.165, 1.54) is 25.7 Å². The van der Waals surface area contributed by atoms with Crippen molar-refractivity contribution in [1.29, 1.82) is 0 Å². The van der Waals surface area contributed by atoms with Crippen LogP contribution in [0.3, 0.4) is 0 Å². The van der Waals surface area contributed by atoms with Crippen LogP contribution in [0.15, 0.2) is 24.3 Å². The number of para-hydroxylation sites is 1. The molecule has 0 heterocycles. The predicted molar refractivity (Wildman–Crippen MR) is 62.9 cm³/mol. The third-order valence-electron chi connectivity index (χ3n) is 1.81. The van der Waals surface area contributed by atoms with Crippen LogP contribution in [0.25, 0.3) is 0 Å². The molecule has 1 nitrogen and oxygen atoms in total. The first-order valence-electron chi connectivity index (χ1n) is 5.15. The minimum atomic E-state index is 0.133. The number of benzene rings is 1. The number of unbranched alkanes of at least 4 members (excludes halogenated alkanes) is 3. The molecule has 1 rings (SSSR count). The maximum Gasteiger partial charge on any atom is 0.134 e. The Labute approximate surface area is 91.7 Å². The molecular formula is C12H19ClO. The highest BCUT2D eigenvalue weighted by Gasteiger charge is 1.89. The van der Waals surface area contributed by atoms with Crippen LogP contribution < -0.4 is 0 Å². The number of aromatic hydroxyl groups is 1. The molecule has 0 aliphatic rings. The van der Waals surface area contributed by atoms with Crippen LogP contribution in [0.1, 0.15) is 39.5 Å². The first-order chi connectivity index (χ1) is 6.72. The van der Waals surface area contributed by atoms with Gasteiger partial charge in [0.15, 0.2) is 0 Å². The molecular weight excluding hydrogens is 196 g/mol. The van der Waals surface area contributed by atoms with Crippen molar-refractivity contribution < 1.29 is 5.11 Å². The van der Waals surface area contributed by atoms with E-state index < -0.39 is 0 Å². The minimum absolute atomic E-state index is 0.133. The summed E-state index contributed by atoms with van der Waals surface area (Å²) in [5.74, 6) is 0.133. The molecule has 80 valence electrons. The van der Waals surface area contributed by atoms with E-state index in [0.29, 0.717) is 5.02 Å². The number of hydrogen-bond donors (Lipinski definition) is 1. The molecule has 0 saturated carbocycles. The van der Waals surface area contributed by atoms with Crippen LogP contribution in [0.5, 0.6) is 5.75 Å². The summed E-state index contributed by atoms with van der Waals surface area (Å²) < 4.78 is 0. The van der Waals surface area contributed by atoms with Gasteiger partial charge >= 0.3 is 0 Å². The van der Waals surface area contributed by atoms with Gasteiger partial charge in [-0.2, -0.15) is 0 Å². The Kier molecular flexibility index (Phi) is 8.45. The second-order valence-corrected chi connectivity index (χ2v) is 3.57. The topological polar surface area (TPSA) is 20.2 Å². The maximum atomic E-state index is 8.79. The van der Waals surface area contributed by atoms with Crippen molar-refractivity contribution in [2.24, 2.45) is 0 Å². The van der Waals surface area contributed by atoms with Crippen LogP contribution >= 0.6 is 11.6 Å². The van der Waals surface area contributed by atoms with Gasteiger partial charge in [-0.3, -0.25) is 0 Å². The molecule has 1 N–H and O–H groups in total. The highest BCUT2D eigenvalue weighted by Crippen LogP contribution is 2.20. The van der Waals surface area contributed by atoms with Crippen LogP contribution in [-0.4, -0.2) is 5.11 Å². The first-order valence-corrected chi connectivity index (χ1v) is 5.53. The van der Waals surface area contributed by atoms with Gasteiger partial charge in [-0.25, -0.2) is 0 Å². The molecule has 2 heteroatoms. The summed E-state index contributed by atoms with van der Waals surface area (Å²) in [7, 11) is 0. The molecule has 1 aromatic carbocycles. The standard InChI is InChI=1S/C6H5ClO.C6H14/c7-5-3-1-2-4-6(5)8;1-3-5-6-4-2/h1-4,8H;3-6H2,1-2H3. The van der Waals surface area contributed by atoms with Crippen molar-refractivity contribution in [3.8, 4) is 5.75 Å². The van der Waals surface area contributed by atoms with Gasteiger partial charge in [0.05, 0.1) is 5.02 Å². The number of rotatable bonds is 3. The summed E-state index contributed by atoms with van der Waals surface area (Å²) in [5.41, 5.74) is 0. The lowest BCUT2D eigenvalue weighted by Crippen LogP contribution is -1.66. The number of phenolic OH excluding ortho intramolecular Hbond substituents is 1. The Morgan fingerprint density at radius 1 is 1.07 bits per heavy atom. The molecule has 0 spiro atoms. The van der Waals surface area contributed by atoms with Crippen LogP contribution in [-0.2, 0) is 0 Å². The smallest absolute Gasteiger partial charge is 0.134 e. The highest BCUT2D eigenvalue weighted by molar-refractivity contribution is 6.31. The third kappa shape index (κ3) is 6.79. The van der Waals surface area contributed by atoms with E-state index in [1.54, 1.807) is 24.3 Å². The molecule has 0 radical (unpaired) electrons. The van der Waals surface area contributed by atoms with Crippen LogP contribution in [0.2, 0.25) is 5.02 Å². The quantitative estimate of drug-likeness (QED) is 0.728. The zero-order chi connectivity index (χ0) is 10.8. The summed E-state index contributed by atoms with van der Waals surface area (Å²) in [6.07, 6.45) is 5.54. The van der Waals surface area contributed by atoms with E-state index >= 15 is 0 Å². The van der Waals surface area contributed by atoms with Crippen molar-refractivity contribution >= 4 is 11.6 Å². The molecule has 0 aromatic heterocycles. The summed E-state index contributed by atoms with van der Waals surface area (Å²) in [4.78, 5) is 0. The average Bonchev–Trinajstić information content (AvgIpc) is 2.20. The molecule has 0 aliphatic carbocycles. The Balaban J connectivity index is 0.000000255. The SMILES string of the molecule is CCCCCC.Oc1ccccc1Cl. The largest absolute Gasteiger partial charge is 0.506 e. The van der Waals surface area contributed by atoms with Crippen molar-refractivity contribution in [2.75, 3.05) is 0 Å². The lowest BCUT2D eigenvalue weighted by Gasteiger charge is -1.89. The van der Waals surface area contributed by atoms with E-state index in [0.717, 1.165) is 0 Å². The molecule has 0 bridgehead atoms. The molecule has 0 unspecified atom stereocenters. The Morgan fingerprint density at radius 3 is 1.86 bits per heavy atom. The van der Waals surface area contributed by atoms with E-state index in [-0.39, 0.29) is 5.75 Å². The summed E-state index contributed by atoms with van der Waals surface area (Å²) in [5, 5.41) is 9.18. The fourth-order valence-electron chi connectivity index (χ4n) is 0.952. The van der Waals surface area contributed by atoms with Gasteiger partial charge in [-0.05, 0) is 12.1 Å². The molecule has 0 amide bonds. The predicted octanol–water partition coefficient (Wildman–Crippen LogP) is 4.63. The number of halogens is 1. The van der Waals surface area contributed by atoms with Crippen LogP contribution in [0.4, 0.5) is 0 Å². The molecule has 0 atom stereocenters. The Morgan fingerprint density at radius 2 is 1.57 bits per heavy atom. The monoisotopic (exact) mass is 214 g/mol. The zero-order valence-corrected chi connectivity index (χ0v) is 9.72. The average molecular weight is 215 g/mol. The summed E-state index contributed by atoms with van der Waals surface area (Å²) >= 11 is 5.46. The van der Waals surface area contributed by atoms with E-state index in [9.17, 15) is 0 Å². The fourth-order valence-corrected chi connectivity index (χ4v) is 1.09. The van der Waals surface area contributed by atoms with E-state index in [1.807, 2.05) is 0 Å². The van der Waals surface area contributed by atoms with Crippen molar-refractivity contribution in [1.82, 2.24) is 0 Å². The van der Waals surface area contributed by atoms with Crippen molar-refractivity contribution in [3.63, 3.8) is 0 Å². The fraction of sp³-hybridized carbons (Fsp3) is 0.500. The van der Waals surface area contributed by atoms with Gasteiger partial charge in [-0.15, -0.1) is 0 Å². The van der Waals surface area contributed by atoms with E-state index in [4.69, 9.17) is 16.7 Å². The molecule has 14 heavy (non-hydrogen) atoms. The van der Waals surface area contributed by atoms with Gasteiger partial charge < -0.3 is 5.11 Å². The Hall–Kier alpha value is -0.690. The van der Waals surface area contributed by atoms with Crippen molar-refractivity contribution in [3.05, 3.63) is 29.3 Å². The first kappa shape index (κ1) is 13.3. The third-order valence-corrected chi connectivity index (χ3v) is 2.13. The maximum absolute atomic E-state index is 8.79. The Bertz CT molecular complexity index is 211.